The summed E-state index contributed by atoms with van der Waals surface area (Å²) in [5, 5.41) is 8.21. The van der Waals surface area contributed by atoms with E-state index in [1.165, 1.54) is 39.7 Å². The van der Waals surface area contributed by atoms with Crippen molar-refractivity contribution < 1.29 is 0 Å². The Morgan fingerprint density at radius 3 is 1.77 bits per heavy atom. The lowest BCUT2D eigenvalue weighted by Crippen LogP contribution is -2.19. The van der Waals surface area contributed by atoms with E-state index in [1.54, 1.807) is 0 Å². The first-order valence-corrected chi connectivity index (χ1v) is 15.3. The number of rotatable bonds is 5. The highest BCUT2D eigenvalue weighted by molar-refractivity contribution is 6.89. The van der Waals surface area contributed by atoms with Crippen LogP contribution in [-0.2, 0) is 6.54 Å². The summed E-state index contributed by atoms with van der Waals surface area (Å²) in [6.45, 7) is 13.0. The molecule has 0 unspecified atom stereocenters. The van der Waals surface area contributed by atoms with Gasteiger partial charge in [0, 0.05) is 12.1 Å². The summed E-state index contributed by atoms with van der Waals surface area (Å²) in [5.74, 6) is 0.106. The largest absolute Gasteiger partial charge is 0.384 e. The van der Waals surface area contributed by atoms with Crippen LogP contribution in [-0.4, -0.2) is 12.5 Å². The maximum Gasteiger partial charge on any atom is 0.187 e. The second-order valence-electron chi connectivity index (χ2n) is 12.7. The number of aryl methyl sites for hydroxylation is 1. The summed E-state index contributed by atoms with van der Waals surface area (Å²) in [6, 6.07) is 35.3. The van der Waals surface area contributed by atoms with Crippen molar-refractivity contribution in [3.05, 3.63) is 144 Å². The van der Waals surface area contributed by atoms with Crippen LogP contribution in [0.1, 0.15) is 62.8 Å². The van der Waals surface area contributed by atoms with Crippen molar-refractivity contribution in [2.45, 2.75) is 64.6 Å². The molecule has 2 aliphatic rings. The molecule has 220 valence electrons. The summed E-state index contributed by atoms with van der Waals surface area (Å²) in [7, 11) is 0. The van der Waals surface area contributed by atoms with Gasteiger partial charge in [-0.1, -0.05) is 171 Å². The SMILES string of the molecule is Cc1ccc(B2C(C)(C)C2(C)C)cc1.N=C(N)c1ccc(-c2ccccc2)cc1.NCc1ccc(C2=CCCC=C2)cc1. The van der Waals surface area contributed by atoms with E-state index >= 15 is 0 Å². The van der Waals surface area contributed by atoms with Crippen LogP contribution in [0.2, 0.25) is 10.6 Å². The molecule has 4 aromatic carbocycles. The maximum absolute atomic E-state index is 7.29. The molecular formula is C39H46BN3. The van der Waals surface area contributed by atoms with Gasteiger partial charge in [-0.25, -0.2) is 0 Å². The molecule has 0 amide bonds. The van der Waals surface area contributed by atoms with Gasteiger partial charge in [0.05, 0.1) is 0 Å². The molecule has 0 aromatic heterocycles. The van der Waals surface area contributed by atoms with Gasteiger partial charge in [0.15, 0.2) is 6.71 Å². The van der Waals surface area contributed by atoms with E-state index in [9.17, 15) is 0 Å². The van der Waals surface area contributed by atoms with E-state index in [-0.39, 0.29) is 5.84 Å². The number of nitrogen functional groups attached to an aromatic ring is 1. The molecule has 4 heteroatoms. The Morgan fingerprint density at radius 1 is 0.721 bits per heavy atom. The second-order valence-corrected chi connectivity index (χ2v) is 12.7. The Bertz CT molecular complexity index is 1530. The van der Waals surface area contributed by atoms with Crippen LogP contribution in [0.15, 0.2) is 121 Å². The third kappa shape index (κ3) is 7.83. The van der Waals surface area contributed by atoms with Crippen LogP contribution in [0.5, 0.6) is 0 Å². The van der Waals surface area contributed by atoms with Crippen LogP contribution in [0.3, 0.4) is 0 Å². The molecule has 0 bridgehead atoms. The third-order valence-corrected chi connectivity index (χ3v) is 9.25. The van der Waals surface area contributed by atoms with E-state index in [1.807, 2.05) is 42.5 Å². The zero-order chi connectivity index (χ0) is 31.0. The van der Waals surface area contributed by atoms with E-state index < -0.39 is 0 Å². The lowest BCUT2D eigenvalue weighted by molar-refractivity contribution is 0.628. The Balaban J connectivity index is 0.000000148. The van der Waals surface area contributed by atoms with Gasteiger partial charge < -0.3 is 11.5 Å². The van der Waals surface area contributed by atoms with E-state index in [4.69, 9.17) is 16.9 Å². The molecule has 1 aliphatic carbocycles. The minimum absolute atomic E-state index is 0.106. The molecule has 1 heterocycles. The van der Waals surface area contributed by atoms with Crippen LogP contribution in [0.4, 0.5) is 0 Å². The zero-order valence-electron chi connectivity index (χ0n) is 26.4. The molecule has 3 nitrogen and oxygen atoms in total. The van der Waals surface area contributed by atoms with Gasteiger partial charge in [-0.3, -0.25) is 5.41 Å². The average Bonchev–Trinajstić information content (AvgIpc) is 3.46. The summed E-state index contributed by atoms with van der Waals surface area (Å²) in [5.41, 5.74) is 20.7. The highest BCUT2D eigenvalue weighted by atomic mass is 14.7. The number of benzene rings is 4. The van der Waals surface area contributed by atoms with Gasteiger partial charge in [0.2, 0.25) is 0 Å². The van der Waals surface area contributed by atoms with Crippen molar-refractivity contribution in [2.75, 3.05) is 0 Å². The number of amidine groups is 1. The normalized spacial score (nSPS) is 15.7. The second kappa shape index (κ2) is 13.9. The lowest BCUT2D eigenvalue weighted by Gasteiger charge is -2.07. The van der Waals surface area contributed by atoms with Gasteiger partial charge in [0.25, 0.3) is 0 Å². The third-order valence-electron chi connectivity index (χ3n) is 9.25. The summed E-state index contributed by atoms with van der Waals surface area (Å²) in [6.07, 6.45) is 9.04. The fraction of sp³-hybridized carbons (Fsp3) is 0.256. The minimum Gasteiger partial charge on any atom is -0.384 e. The van der Waals surface area contributed by atoms with Crippen LogP contribution in [0.25, 0.3) is 16.7 Å². The van der Waals surface area contributed by atoms with Crippen molar-refractivity contribution >= 4 is 23.6 Å². The molecule has 0 saturated carbocycles. The maximum atomic E-state index is 7.29. The highest BCUT2D eigenvalue weighted by Crippen LogP contribution is 2.73. The number of hydrogen-bond acceptors (Lipinski definition) is 2. The van der Waals surface area contributed by atoms with Crippen molar-refractivity contribution in [3.63, 3.8) is 0 Å². The van der Waals surface area contributed by atoms with Crippen LogP contribution in [0, 0.1) is 12.3 Å². The molecule has 43 heavy (non-hydrogen) atoms. The molecule has 4 aromatic rings. The quantitative estimate of drug-likeness (QED) is 0.128. The number of nitrogens with two attached hydrogens (primary N) is 2. The molecule has 0 radical (unpaired) electrons. The Labute approximate surface area is 259 Å². The predicted molar refractivity (Wildman–Crippen MR) is 188 cm³/mol. The fourth-order valence-corrected chi connectivity index (χ4v) is 5.92. The lowest BCUT2D eigenvalue weighted by atomic mass is 9.53. The van der Waals surface area contributed by atoms with Crippen LogP contribution < -0.4 is 16.9 Å². The Kier molecular flexibility index (Phi) is 10.3. The van der Waals surface area contributed by atoms with Gasteiger partial charge in [-0.2, -0.15) is 0 Å². The number of hydrogen-bond donors (Lipinski definition) is 3. The standard InChI is InChI=1S/C13H19B.C13H12N2.C13H15N/c1-10-6-8-11(9-7-10)14-12(2,3)13(14,4)5;14-13(15)12-8-6-11(7-9-12)10-4-2-1-3-5-10;14-10-11-6-8-13(9-7-11)12-4-2-1-3-5-12/h6-9H,1-5H3;1-9H,(H3,14,15);2,4-9H,1,3,10,14H2. The van der Waals surface area contributed by atoms with E-state index in [0.717, 1.165) is 24.3 Å². The minimum atomic E-state index is 0.106. The molecule has 1 aliphatic heterocycles. The van der Waals surface area contributed by atoms with Gasteiger partial charge in [0.1, 0.15) is 5.84 Å². The first kappa shape index (κ1) is 31.8. The fourth-order valence-electron chi connectivity index (χ4n) is 5.92. The van der Waals surface area contributed by atoms with Crippen molar-refractivity contribution in [1.29, 1.82) is 5.41 Å². The molecule has 1 fully saturated rings. The first-order valence-electron chi connectivity index (χ1n) is 15.3. The highest BCUT2D eigenvalue weighted by Gasteiger charge is 2.67. The van der Waals surface area contributed by atoms with Crippen molar-refractivity contribution in [1.82, 2.24) is 0 Å². The smallest absolute Gasteiger partial charge is 0.187 e. The van der Waals surface area contributed by atoms with Gasteiger partial charge in [-0.15, -0.1) is 0 Å². The molecule has 0 spiro atoms. The van der Waals surface area contributed by atoms with Gasteiger partial charge in [-0.05, 0) is 47.6 Å². The molecule has 5 N–H and O–H groups in total. The monoisotopic (exact) mass is 567 g/mol. The van der Waals surface area contributed by atoms with Crippen molar-refractivity contribution in [2.24, 2.45) is 11.5 Å². The zero-order valence-corrected chi connectivity index (χ0v) is 26.4. The van der Waals surface area contributed by atoms with Gasteiger partial charge >= 0.3 is 0 Å². The first-order chi connectivity index (χ1) is 20.5. The van der Waals surface area contributed by atoms with Crippen LogP contribution >= 0.6 is 0 Å². The van der Waals surface area contributed by atoms with Crippen molar-refractivity contribution in [3.8, 4) is 11.1 Å². The predicted octanol–water partition coefficient (Wildman–Crippen LogP) is 8.79. The number of nitrogens with one attached hydrogen (secondary N) is 1. The molecular weight excluding hydrogens is 521 g/mol. The van der Waals surface area contributed by atoms with E-state index in [2.05, 4.69) is 114 Å². The average molecular weight is 568 g/mol. The molecule has 1 saturated heterocycles. The Morgan fingerprint density at radius 2 is 1.28 bits per heavy atom. The molecule has 6 rings (SSSR count). The van der Waals surface area contributed by atoms with E-state index in [0.29, 0.717) is 17.2 Å². The summed E-state index contributed by atoms with van der Waals surface area (Å²) < 4.78 is 0. The molecule has 0 atom stereocenters. The number of allylic oxidation sites excluding steroid dienone is 4. The Hall–Kier alpha value is -4.15. The summed E-state index contributed by atoms with van der Waals surface area (Å²) >= 11 is 0. The summed E-state index contributed by atoms with van der Waals surface area (Å²) in [4.78, 5) is 0. The topological polar surface area (TPSA) is 75.9 Å².